The van der Waals surface area contributed by atoms with E-state index in [0.29, 0.717) is 33.9 Å². The molecule has 7 nitrogen and oxygen atoms in total. The molecule has 2 aliphatic rings. The number of ether oxygens (including phenoxy) is 2. The number of rotatable bonds is 7. The molecule has 0 saturated carbocycles. The van der Waals surface area contributed by atoms with Crippen molar-refractivity contribution < 1.29 is 18.7 Å². The van der Waals surface area contributed by atoms with Crippen LogP contribution in [0, 0.1) is 11.2 Å². The topological polar surface area (TPSA) is 87.3 Å². The van der Waals surface area contributed by atoms with Crippen LogP contribution in [0.4, 0.5) is 4.39 Å². The Kier molecular flexibility index (Phi) is 6.40. The number of benzene rings is 3. The number of carbonyl (C=O) groups excluding carboxylic acids is 1. The van der Waals surface area contributed by atoms with Gasteiger partial charge in [-0.3, -0.25) is 10.2 Å². The number of hydrogen-bond acceptors (Lipinski definition) is 6. The molecular formula is C26H19FN4O3S. The molecule has 0 atom stereocenters. The molecule has 0 saturated heterocycles. The summed E-state index contributed by atoms with van der Waals surface area (Å²) in [6.45, 7) is 0.520. The third kappa shape index (κ3) is 5.30. The van der Waals surface area contributed by atoms with E-state index in [9.17, 15) is 9.18 Å². The molecule has 3 aromatic carbocycles. The smallest absolute Gasteiger partial charge is 0.283 e. The third-order valence-corrected chi connectivity index (χ3v) is 5.99. The summed E-state index contributed by atoms with van der Waals surface area (Å²) < 4.78 is 24.5. The van der Waals surface area contributed by atoms with Gasteiger partial charge in [-0.05, 0) is 65.4 Å². The van der Waals surface area contributed by atoms with Gasteiger partial charge in [-0.25, -0.2) is 4.39 Å². The van der Waals surface area contributed by atoms with Crippen molar-refractivity contribution in [2.24, 2.45) is 10.1 Å². The second kappa shape index (κ2) is 9.94. The molecule has 3 aromatic rings. The van der Waals surface area contributed by atoms with Crippen LogP contribution in [0.1, 0.15) is 11.1 Å². The number of nitrogens with one attached hydrogen (secondary N) is 1. The van der Waals surface area contributed by atoms with Crippen LogP contribution in [0.15, 0.2) is 94.5 Å². The van der Waals surface area contributed by atoms with E-state index < -0.39 is 5.91 Å². The van der Waals surface area contributed by atoms with E-state index in [1.807, 2.05) is 30.3 Å². The van der Waals surface area contributed by atoms with Gasteiger partial charge in [0.1, 0.15) is 35.6 Å². The van der Waals surface area contributed by atoms with E-state index in [2.05, 4.69) is 10.1 Å². The van der Waals surface area contributed by atoms with Crippen LogP contribution in [0.3, 0.4) is 0 Å². The number of thioether (sulfide) groups is 1. The van der Waals surface area contributed by atoms with E-state index in [1.54, 1.807) is 42.5 Å². The highest BCUT2D eigenvalue weighted by Crippen LogP contribution is 2.29. The highest BCUT2D eigenvalue weighted by Gasteiger charge is 2.35. The van der Waals surface area contributed by atoms with Gasteiger partial charge in [-0.2, -0.15) is 15.1 Å². The maximum Gasteiger partial charge on any atom is 0.283 e. The molecule has 0 radical (unpaired) electrons. The number of fused-ring (bicyclic) bond motifs is 1. The predicted molar refractivity (Wildman–Crippen MR) is 134 cm³/mol. The number of hydrazone groups is 1. The molecule has 1 N–H and O–H groups in total. The molecule has 0 unspecified atom stereocenters. The van der Waals surface area contributed by atoms with Crippen LogP contribution < -0.4 is 9.47 Å². The lowest BCUT2D eigenvalue weighted by atomic mass is 10.1. The zero-order valence-electron chi connectivity index (χ0n) is 18.3. The summed E-state index contributed by atoms with van der Waals surface area (Å²) in [6.07, 6.45) is 1.60. The van der Waals surface area contributed by atoms with Gasteiger partial charge in [0.2, 0.25) is 5.17 Å². The highest BCUT2D eigenvalue weighted by atomic mass is 32.2. The zero-order valence-corrected chi connectivity index (χ0v) is 19.2. The highest BCUT2D eigenvalue weighted by molar-refractivity contribution is 8.27. The van der Waals surface area contributed by atoms with Crippen LogP contribution >= 0.6 is 11.8 Å². The molecule has 0 aliphatic carbocycles. The molecule has 174 valence electrons. The fraction of sp³-hybridized carbons (Fsp3) is 0.0769. The minimum atomic E-state index is -0.495. The Labute approximate surface area is 205 Å². The van der Waals surface area contributed by atoms with Gasteiger partial charge in [0, 0.05) is 0 Å². The molecule has 2 aliphatic heterocycles. The first-order chi connectivity index (χ1) is 17.0. The van der Waals surface area contributed by atoms with Gasteiger partial charge in [-0.15, -0.1) is 0 Å². The van der Waals surface area contributed by atoms with Gasteiger partial charge in [0.25, 0.3) is 5.91 Å². The maximum atomic E-state index is 13.0. The second-order valence-corrected chi connectivity index (χ2v) is 8.64. The Bertz CT molecular complexity index is 1350. The van der Waals surface area contributed by atoms with Crippen LogP contribution in [-0.4, -0.2) is 33.6 Å². The van der Waals surface area contributed by atoms with Crippen molar-refractivity contribution in [3.63, 3.8) is 0 Å². The number of carbonyl (C=O) groups is 1. The first-order valence-corrected chi connectivity index (χ1v) is 11.5. The lowest BCUT2D eigenvalue weighted by Gasteiger charge is -2.20. The molecule has 0 bridgehead atoms. The van der Waals surface area contributed by atoms with Crippen molar-refractivity contribution in [3.05, 3.63) is 101 Å². The van der Waals surface area contributed by atoms with Gasteiger partial charge < -0.3 is 9.47 Å². The number of hydrogen-bond donors (Lipinski definition) is 1. The monoisotopic (exact) mass is 486 g/mol. The number of halogens is 1. The van der Waals surface area contributed by atoms with Gasteiger partial charge >= 0.3 is 0 Å². The Balaban J connectivity index is 1.24. The lowest BCUT2D eigenvalue weighted by Crippen LogP contribution is -2.35. The van der Waals surface area contributed by atoms with E-state index in [4.69, 9.17) is 14.9 Å². The first kappa shape index (κ1) is 22.5. The van der Waals surface area contributed by atoms with Crippen molar-refractivity contribution in [1.29, 1.82) is 5.41 Å². The largest absolute Gasteiger partial charge is 0.489 e. The molecule has 0 spiro atoms. The average molecular weight is 487 g/mol. The van der Waals surface area contributed by atoms with Crippen molar-refractivity contribution in [2.75, 3.05) is 6.61 Å². The fourth-order valence-corrected chi connectivity index (χ4v) is 4.12. The third-order valence-electron chi connectivity index (χ3n) is 5.11. The van der Waals surface area contributed by atoms with Crippen molar-refractivity contribution in [2.45, 2.75) is 6.61 Å². The molecule has 9 heteroatoms. The number of amidine groups is 2. The van der Waals surface area contributed by atoms with Gasteiger partial charge in [0.15, 0.2) is 5.84 Å². The number of nitrogens with zero attached hydrogens (tertiary/aromatic N) is 3. The SMILES string of the molecule is N=C1C(=Cc2ccc(OCc3ccc(F)cc3)cc2)C(=O)N=C2SC(COc3ccccc3)=NN12. The number of amides is 1. The van der Waals surface area contributed by atoms with E-state index in [-0.39, 0.29) is 23.8 Å². The Morgan fingerprint density at radius 2 is 1.60 bits per heavy atom. The van der Waals surface area contributed by atoms with Gasteiger partial charge in [-0.1, -0.05) is 42.5 Å². The zero-order chi connectivity index (χ0) is 24.2. The summed E-state index contributed by atoms with van der Waals surface area (Å²) in [6, 6.07) is 22.6. The minimum Gasteiger partial charge on any atom is -0.489 e. The lowest BCUT2D eigenvalue weighted by molar-refractivity contribution is -0.114. The maximum absolute atomic E-state index is 13.0. The number of aliphatic imine (C=N–C) groups is 1. The Morgan fingerprint density at radius 3 is 2.34 bits per heavy atom. The summed E-state index contributed by atoms with van der Waals surface area (Å²) in [4.78, 5) is 16.7. The normalized spacial score (nSPS) is 16.1. The predicted octanol–water partition coefficient (Wildman–Crippen LogP) is 5.10. The molecule has 0 aromatic heterocycles. The second-order valence-electron chi connectivity index (χ2n) is 7.60. The van der Waals surface area contributed by atoms with Crippen molar-refractivity contribution in [1.82, 2.24) is 5.01 Å². The molecule has 0 fully saturated rings. The molecule has 5 rings (SSSR count). The Hall–Kier alpha value is -4.24. The van der Waals surface area contributed by atoms with Crippen molar-refractivity contribution in [3.8, 4) is 11.5 Å². The van der Waals surface area contributed by atoms with E-state index in [0.717, 1.165) is 5.56 Å². The quantitative estimate of drug-likeness (QED) is 0.470. The summed E-state index contributed by atoms with van der Waals surface area (Å²) in [5, 5.41) is 15.2. The molecule has 35 heavy (non-hydrogen) atoms. The average Bonchev–Trinajstić information content (AvgIpc) is 3.29. The van der Waals surface area contributed by atoms with Crippen molar-refractivity contribution >= 4 is 39.8 Å². The van der Waals surface area contributed by atoms with Gasteiger partial charge in [0.05, 0.1) is 5.57 Å². The summed E-state index contributed by atoms with van der Waals surface area (Å²) in [5.74, 6) is 0.509. The number of para-hydroxylation sites is 1. The van der Waals surface area contributed by atoms with E-state index >= 15 is 0 Å². The summed E-state index contributed by atoms with van der Waals surface area (Å²) in [7, 11) is 0. The standard InChI is InChI=1S/C26H19FN4O3S/c27-19-10-6-18(7-11-19)15-33-21-12-8-17(9-13-21)14-22-24(28)31-26(29-25(22)32)35-23(30-31)16-34-20-4-2-1-3-5-20/h1-14,28H,15-16H2. The Morgan fingerprint density at radius 1 is 0.914 bits per heavy atom. The summed E-state index contributed by atoms with van der Waals surface area (Å²) in [5.41, 5.74) is 1.71. The first-order valence-electron chi connectivity index (χ1n) is 10.7. The van der Waals surface area contributed by atoms with Crippen LogP contribution in [-0.2, 0) is 11.4 Å². The van der Waals surface area contributed by atoms with Crippen LogP contribution in [0.2, 0.25) is 0 Å². The van der Waals surface area contributed by atoms with E-state index in [1.165, 1.54) is 28.9 Å². The molecule has 1 amide bonds. The minimum absolute atomic E-state index is 0.0427. The molecule has 2 heterocycles. The summed E-state index contributed by atoms with van der Waals surface area (Å²) >= 11 is 1.21. The van der Waals surface area contributed by atoms with Crippen LogP contribution in [0.5, 0.6) is 11.5 Å². The van der Waals surface area contributed by atoms with Crippen LogP contribution in [0.25, 0.3) is 6.08 Å². The molecular weight excluding hydrogens is 467 g/mol. The fourth-order valence-electron chi connectivity index (χ4n) is 3.33.